The molecule has 0 radical (unpaired) electrons. The fraction of sp³-hybridized carbons (Fsp3) is 0.375. The molecule has 12 nitrogen and oxygen atoms in total. The van der Waals surface area contributed by atoms with Crippen LogP contribution in [0, 0.1) is 33.5 Å². The summed E-state index contributed by atoms with van der Waals surface area (Å²) >= 11 is 5.85. The molecule has 2 aliphatic heterocycles. The first-order valence-electron chi connectivity index (χ1n) is 18.4. The molecule has 0 saturated carbocycles. The number of nitrogens with one attached hydrogen (secondary N) is 1. The summed E-state index contributed by atoms with van der Waals surface area (Å²) in [5.41, 5.74) is 15.3. The Morgan fingerprint density at radius 1 is 0.875 bits per heavy atom. The maximum atomic E-state index is 14.0. The Bertz CT molecular complexity index is 2630. The van der Waals surface area contributed by atoms with Crippen molar-refractivity contribution in [3.63, 3.8) is 0 Å². The third-order valence-electron chi connectivity index (χ3n) is 10.5. The first-order chi connectivity index (χ1) is 26.5. The number of hydrogen-bond donors (Lipinski definition) is 2. The van der Waals surface area contributed by atoms with E-state index in [1.165, 1.54) is 6.07 Å². The van der Waals surface area contributed by atoms with E-state index >= 15 is 0 Å². The second-order valence-electron chi connectivity index (χ2n) is 14.9. The van der Waals surface area contributed by atoms with Crippen LogP contribution < -0.4 is 11.1 Å². The van der Waals surface area contributed by atoms with E-state index in [1.807, 2.05) is 77.1 Å². The number of sulfone groups is 2. The van der Waals surface area contributed by atoms with Gasteiger partial charge in [0, 0.05) is 23.1 Å². The van der Waals surface area contributed by atoms with Crippen molar-refractivity contribution in [2.75, 3.05) is 34.1 Å². The molecule has 3 N–H and O–H groups in total. The van der Waals surface area contributed by atoms with Crippen LogP contribution in [0.5, 0.6) is 0 Å². The van der Waals surface area contributed by atoms with Crippen LogP contribution in [-0.2, 0) is 26.1 Å². The lowest BCUT2D eigenvalue weighted by Gasteiger charge is -2.19. The first kappa shape index (κ1) is 39.5. The smallest absolute Gasteiger partial charge is 0.152 e. The Hall–Kier alpha value is -4.73. The van der Waals surface area contributed by atoms with Gasteiger partial charge in [-0.3, -0.25) is 0 Å². The van der Waals surface area contributed by atoms with Gasteiger partial charge in [-0.05, 0) is 100 Å². The van der Waals surface area contributed by atoms with Gasteiger partial charge in [0.1, 0.15) is 23.2 Å². The predicted molar refractivity (Wildman–Crippen MR) is 217 cm³/mol. The molecule has 3 aromatic carbocycles. The minimum absolute atomic E-state index is 0.0706. The molecule has 0 spiro atoms. The summed E-state index contributed by atoms with van der Waals surface area (Å²) in [5.74, 6) is 2.42. The van der Waals surface area contributed by atoms with E-state index in [-0.39, 0.29) is 46.0 Å². The van der Waals surface area contributed by atoms with Gasteiger partial charge in [-0.25, -0.2) is 26.2 Å². The van der Waals surface area contributed by atoms with Crippen molar-refractivity contribution in [3.05, 3.63) is 99.7 Å². The quantitative estimate of drug-likeness (QED) is 0.143. The highest BCUT2D eigenvalue weighted by Gasteiger charge is 2.33. The van der Waals surface area contributed by atoms with Crippen molar-refractivity contribution >= 4 is 53.7 Å². The lowest BCUT2D eigenvalue weighted by atomic mass is 10.00. The number of halogens is 2. The minimum atomic E-state index is -3.09. The van der Waals surface area contributed by atoms with Crippen molar-refractivity contribution in [2.24, 2.45) is 0 Å². The lowest BCUT2D eigenvalue weighted by Crippen LogP contribution is -2.21. The predicted octanol–water partition coefficient (Wildman–Crippen LogP) is 7.95. The number of aryl methyl sites for hydroxylation is 4. The lowest BCUT2D eigenvalue weighted by molar-refractivity contribution is 0.393. The molecular formula is C40H44ClFN6O6S2. The number of hydrogen-bond acceptors (Lipinski definition) is 11. The monoisotopic (exact) mass is 822 g/mol. The molecule has 0 unspecified atom stereocenters. The van der Waals surface area contributed by atoms with E-state index in [1.54, 1.807) is 6.07 Å². The van der Waals surface area contributed by atoms with Crippen molar-refractivity contribution in [1.82, 2.24) is 19.9 Å². The number of rotatable bonds is 8. The molecule has 296 valence electrons. The van der Waals surface area contributed by atoms with Crippen LogP contribution in [-0.4, -0.2) is 65.8 Å². The SMILES string of the molecule is Cc1noc(C)c1-c1ccc(N[C@@H]2CCS(=O)(=O)C2)c(N)c1.Cc1noc(C)c1-c1ccc2c(c1)nc([C@H](C)Cc1ccc(Cl)c(F)c1)n2[C@@H]1CCS(=O)(=O)C1. The third kappa shape index (κ3) is 8.21. The second kappa shape index (κ2) is 15.3. The topological polar surface area (TPSA) is 176 Å². The third-order valence-corrected chi connectivity index (χ3v) is 14.4. The summed E-state index contributed by atoms with van der Waals surface area (Å²) in [7, 11) is -6.00. The van der Waals surface area contributed by atoms with Crippen molar-refractivity contribution in [3.8, 4) is 22.3 Å². The zero-order valence-electron chi connectivity index (χ0n) is 31.8. The van der Waals surface area contributed by atoms with E-state index in [0.717, 1.165) is 73.3 Å². The van der Waals surface area contributed by atoms with Gasteiger partial charge in [-0.1, -0.05) is 47.0 Å². The second-order valence-corrected chi connectivity index (χ2v) is 19.8. The van der Waals surface area contributed by atoms with Gasteiger partial charge < -0.3 is 24.7 Å². The van der Waals surface area contributed by atoms with E-state index in [9.17, 15) is 21.2 Å². The van der Waals surface area contributed by atoms with Crippen LogP contribution in [0.4, 0.5) is 15.8 Å². The number of nitrogen functional groups attached to an aromatic ring is 1. The molecule has 0 aliphatic carbocycles. The minimum Gasteiger partial charge on any atom is -0.397 e. The van der Waals surface area contributed by atoms with Crippen LogP contribution in [0.25, 0.3) is 33.3 Å². The molecule has 8 rings (SSSR count). The zero-order chi connectivity index (χ0) is 40.1. The molecular weight excluding hydrogens is 779 g/mol. The standard InChI is InChI=1S/C25H25ClFN3O3S.C15H19N3O3S/c1-14(10-17-4-6-20(26)21(27)11-17)25-28-22-12-18(24-15(2)29-33-16(24)3)5-7-23(22)30(25)19-8-9-34(31,32)13-19;1-9-15(10(2)21-18-9)11-3-4-14(13(16)7-11)17-12-5-6-22(19,20)8-12/h4-7,11-12,14,19H,8-10,13H2,1-3H3;3-4,7,12,17H,5-6,8,16H2,1-2H3/t14-,19-;12-/m11/s1. The van der Waals surface area contributed by atoms with Crippen LogP contribution >= 0.6 is 11.6 Å². The van der Waals surface area contributed by atoms with Crippen LogP contribution in [0.15, 0.2) is 63.6 Å². The van der Waals surface area contributed by atoms with Crippen molar-refractivity contribution in [2.45, 2.75) is 71.9 Å². The van der Waals surface area contributed by atoms with Gasteiger partial charge >= 0.3 is 0 Å². The number of fused-ring (bicyclic) bond motifs is 1. The van der Waals surface area contributed by atoms with Crippen LogP contribution in [0.2, 0.25) is 5.02 Å². The molecule has 2 fully saturated rings. The number of anilines is 2. The summed E-state index contributed by atoms with van der Waals surface area (Å²) in [5, 5.41) is 11.3. The molecule has 16 heteroatoms. The van der Waals surface area contributed by atoms with E-state index < -0.39 is 25.5 Å². The fourth-order valence-corrected chi connectivity index (χ4v) is 11.4. The van der Waals surface area contributed by atoms with E-state index in [4.69, 9.17) is 31.4 Å². The summed E-state index contributed by atoms with van der Waals surface area (Å²) in [6.45, 7) is 9.55. The highest BCUT2D eigenvalue weighted by molar-refractivity contribution is 7.91. The molecule has 3 atom stereocenters. The number of nitrogens with two attached hydrogens (primary N) is 1. The van der Waals surface area contributed by atoms with Crippen molar-refractivity contribution < 1.29 is 30.3 Å². The molecule has 6 aromatic rings. The zero-order valence-corrected chi connectivity index (χ0v) is 34.2. The van der Waals surface area contributed by atoms with Gasteiger partial charge in [0.25, 0.3) is 0 Å². The van der Waals surface area contributed by atoms with Gasteiger partial charge in [-0.15, -0.1) is 0 Å². The van der Waals surface area contributed by atoms with Crippen LogP contribution in [0.3, 0.4) is 0 Å². The number of imidazole rings is 1. The first-order valence-corrected chi connectivity index (χ1v) is 22.4. The van der Waals surface area contributed by atoms with Gasteiger partial charge in [0.05, 0.1) is 67.9 Å². The molecule has 0 amide bonds. The highest BCUT2D eigenvalue weighted by Crippen LogP contribution is 2.37. The molecule has 2 saturated heterocycles. The molecule has 3 aromatic heterocycles. The number of aromatic nitrogens is 4. The Morgan fingerprint density at radius 3 is 2.05 bits per heavy atom. The number of benzene rings is 3. The Labute approximate surface area is 330 Å². The van der Waals surface area contributed by atoms with Gasteiger partial charge in [-0.2, -0.15) is 0 Å². The Morgan fingerprint density at radius 2 is 1.50 bits per heavy atom. The maximum Gasteiger partial charge on any atom is 0.152 e. The van der Waals surface area contributed by atoms with E-state index in [2.05, 4.69) is 20.2 Å². The largest absolute Gasteiger partial charge is 0.397 e. The van der Waals surface area contributed by atoms with Crippen molar-refractivity contribution in [1.29, 1.82) is 0 Å². The molecule has 5 heterocycles. The Kier molecular flexibility index (Phi) is 10.8. The summed E-state index contributed by atoms with van der Waals surface area (Å²) in [4.78, 5) is 4.97. The highest BCUT2D eigenvalue weighted by atomic mass is 35.5. The summed E-state index contributed by atoms with van der Waals surface area (Å²) in [6.07, 6.45) is 1.72. The normalized spacial score (nSPS) is 19.2. The van der Waals surface area contributed by atoms with Crippen LogP contribution in [0.1, 0.15) is 66.0 Å². The van der Waals surface area contributed by atoms with E-state index in [0.29, 0.717) is 24.9 Å². The van der Waals surface area contributed by atoms with Gasteiger partial charge in [0.15, 0.2) is 19.7 Å². The van der Waals surface area contributed by atoms with Gasteiger partial charge in [0.2, 0.25) is 0 Å². The Balaban J connectivity index is 0.000000189. The summed E-state index contributed by atoms with van der Waals surface area (Å²) in [6, 6.07) is 16.2. The molecule has 0 bridgehead atoms. The maximum absolute atomic E-state index is 14.0. The number of nitrogens with zero attached hydrogens (tertiary/aromatic N) is 4. The summed E-state index contributed by atoms with van der Waals surface area (Å²) < 4.78 is 74.2. The molecule has 2 aliphatic rings. The fourth-order valence-electron chi connectivity index (χ4n) is 7.86. The average Bonchev–Trinajstić information content (AvgIpc) is 3.94. The average molecular weight is 823 g/mol. The molecule has 56 heavy (non-hydrogen) atoms.